The van der Waals surface area contributed by atoms with Gasteiger partial charge in [0.1, 0.15) is 5.82 Å². The molecule has 0 amide bonds. The first-order chi connectivity index (χ1) is 8.49. The maximum atomic E-state index is 12.9. The fourth-order valence-electron chi connectivity index (χ4n) is 1.55. The Labute approximate surface area is 104 Å². The molecule has 2 aromatic rings. The molecule has 0 unspecified atom stereocenters. The van der Waals surface area contributed by atoms with Crippen LogP contribution in [-0.4, -0.2) is 18.4 Å². The van der Waals surface area contributed by atoms with E-state index in [0.29, 0.717) is 11.3 Å². The second-order valence-electron chi connectivity index (χ2n) is 3.81. The number of benzene rings is 1. The summed E-state index contributed by atoms with van der Waals surface area (Å²) in [6, 6.07) is 3.56. The Bertz CT molecular complexity index is 638. The molecule has 2 rings (SSSR count). The summed E-state index contributed by atoms with van der Waals surface area (Å²) < 4.78 is 39.3. The average molecular weight is 269 g/mol. The van der Waals surface area contributed by atoms with Gasteiger partial charge in [-0.25, -0.2) is 22.5 Å². The van der Waals surface area contributed by atoms with E-state index in [1.54, 1.807) is 6.92 Å². The van der Waals surface area contributed by atoms with Crippen LogP contribution in [0, 0.1) is 12.7 Å². The number of sulfonamides is 1. The first-order valence-electron chi connectivity index (χ1n) is 5.22. The summed E-state index contributed by atoms with van der Waals surface area (Å²) in [6.45, 7) is 1.66. The number of hydrogen-bond acceptors (Lipinski definition) is 3. The Morgan fingerprint density at radius 2 is 2.22 bits per heavy atom. The quantitative estimate of drug-likeness (QED) is 0.879. The highest BCUT2D eigenvalue weighted by atomic mass is 32.2. The van der Waals surface area contributed by atoms with Crippen LogP contribution in [0.5, 0.6) is 0 Å². The van der Waals surface area contributed by atoms with Crippen LogP contribution in [0.25, 0.3) is 0 Å². The lowest BCUT2D eigenvalue weighted by Crippen LogP contribution is -2.24. The first kappa shape index (κ1) is 12.7. The third kappa shape index (κ3) is 2.74. The van der Waals surface area contributed by atoms with Gasteiger partial charge in [-0.15, -0.1) is 0 Å². The van der Waals surface area contributed by atoms with Crippen LogP contribution in [0.3, 0.4) is 0 Å². The molecule has 0 aliphatic carbocycles. The molecule has 1 aromatic carbocycles. The second-order valence-corrected chi connectivity index (χ2v) is 5.55. The molecule has 7 heteroatoms. The number of hydrogen-bond donors (Lipinski definition) is 2. The zero-order valence-corrected chi connectivity index (χ0v) is 10.5. The van der Waals surface area contributed by atoms with Gasteiger partial charge in [-0.1, -0.05) is 0 Å². The van der Waals surface area contributed by atoms with Crippen molar-refractivity contribution in [2.24, 2.45) is 0 Å². The van der Waals surface area contributed by atoms with Crippen LogP contribution in [-0.2, 0) is 16.6 Å². The summed E-state index contributed by atoms with van der Waals surface area (Å²) in [5.41, 5.74) is 1.02. The smallest absolute Gasteiger partial charge is 0.241 e. The van der Waals surface area contributed by atoms with Crippen molar-refractivity contribution in [2.45, 2.75) is 18.4 Å². The van der Waals surface area contributed by atoms with Gasteiger partial charge >= 0.3 is 0 Å². The summed E-state index contributed by atoms with van der Waals surface area (Å²) in [7, 11) is -3.65. The largest absolute Gasteiger partial charge is 0.347 e. The van der Waals surface area contributed by atoms with E-state index in [-0.39, 0.29) is 11.4 Å². The second kappa shape index (κ2) is 4.87. The molecule has 0 aliphatic rings. The lowest BCUT2D eigenvalue weighted by atomic mass is 10.2. The molecule has 0 spiro atoms. The molecule has 0 bridgehead atoms. The molecule has 0 fully saturated rings. The molecule has 0 saturated carbocycles. The lowest BCUT2D eigenvalue weighted by Gasteiger charge is -2.08. The van der Waals surface area contributed by atoms with Gasteiger partial charge in [0.05, 0.1) is 17.8 Å². The van der Waals surface area contributed by atoms with Crippen molar-refractivity contribution in [3.8, 4) is 0 Å². The van der Waals surface area contributed by atoms with Gasteiger partial charge in [0.15, 0.2) is 0 Å². The summed E-state index contributed by atoms with van der Waals surface area (Å²) in [4.78, 5) is 6.64. The molecule has 0 saturated heterocycles. The van der Waals surface area contributed by atoms with Crippen molar-refractivity contribution >= 4 is 10.0 Å². The number of aryl methyl sites for hydroxylation is 1. The number of nitrogens with one attached hydrogen (secondary N) is 2. The molecule has 96 valence electrons. The molecule has 5 nitrogen and oxygen atoms in total. The predicted molar refractivity (Wildman–Crippen MR) is 63.8 cm³/mol. The van der Waals surface area contributed by atoms with E-state index in [2.05, 4.69) is 14.7 Å². The number of aromatic nitrogens is 2. The average Bonchev–Trinajstić information content (AvgIpc) is 2.78. The van der Waals surface area contributed by atoms with E-state index in [0.717, 1.165) is 6.07 Å². The highest BCUT2D eigenvalue weighted by Gasteiger charge is 2.16. The minimum Gasteiger partial charge on any atom is -0.347 e. The van der Waals surface area contributed by atoms with Gasteiger partial charge < -0.3 is 4.98 Å². The van der Waals surface area contributed by atoms with Crippen LogP contribution >= 0.6 is 0 Å². The maximum Gasteiger partial charge on any atom is 0.241 e. The van der Waals surface area contributed by atoms with Gasteiger partial charge in [-0.2, -0.15) is 0 Å². The Balaban J connectivity index is 2.20. The third-order valence-corrected chi connectivity index (χ3v) is 4.00. The van der Waals surface area contributed by atoms with E-state index < -0.39 is 15.8 Å². The van der Waals surface area contributed by atoms with Crippen molar-refractivity contribution in [1.82, 2.24) is 14.7 Å². The minimum absolute atomic E-state index is 0.0726. The summed E-state index contributed by atoms with van der Waals surface area (Å²) >= 11 is 0. The van der Waals surface area contributed by atoms with E-state index in [1.165, 1.54) is 24.7 Å². The summed E-state index contributed by atoms with van der Waals surface area (Å²) in [6.07, 6.45) is 2.99. The molecular formula is C11H12FN3O2S. The monoisotopic (exact) mass is 269 g/mol. The minimum atomic E-state index is -3.65. The van der Waals surface area contributed by atoms with Gasteiger partial charge in [0, 0.05) is 11.9 Å². The normalized spacial score (nSPS) is 11.7. The molecule has 0 aliphatic heterocycles. The van der Waals surface area contributed by atoms with Crippen LogP contribution in [0.15, 0.2) is 35.6 Å². The lowest BCUT2D eigenvalue weighted by molar-refractivity contribution is 0.578. The van der Waals surface area contributed by atoms with Crippen LogP contribution < -0.4 is 4.72 Å². The highest BCUT2D eigenvalue weighted by molar-refractivity contribution is 7.89. The van der Waals surface area contributed by atoms with Crippen LogP contribution in [0.4, 0.5) is 4.39 Å². The van der Waals surface area contributed by atoms with Gasteiger partial charge in [-0.3, -0.25) is 0 Å². The Kier molecular flexibility index (Phi) is 3.44. The molecule has 18 heavy (non-hydrogen) atoms. The molecule has 1 aromatic heterocycles. The molecule has 0 atom stereocenters. The number of halogens is 1. The Hall–Kier alpha value is -1.73. The van der Waals surface area contributed by atoms with Crippen molar-refractivity contribution < 1.29 is 12.8 Å². The van der Waals surface area contributed by atoms with Crippen molar-refractivity contribution in [2.75, 3.05) is 0 Å². The highest BCUT2D eigenvalue weighted by Crippen LogP contribution is 2.16. The fourth-order valence-corrected chi connectivity index (χ4v) is 2.78. The van der Waals surface area contributed by atoms with E-state index in [1.807, 2.05) is 0 Å². The fraction of sp³-hybridized carbons (Fsp3) is 0.182. The topological polar surface area (TPSA) is 74.8 Å². The number of rotatable bonds is 4. The van der Waals surface area contributed by atoms with Crippen LogP contribution in [0.1, 0.15) is 11.3 Å². The van der Waals surface area contributed by atoms with E-state index in [9.17, 15) is 12.8 Å². The SMILES string of the molecule is Cc1cc(F)ccc1S(=O)(=O)NCc1cnc[nH]1. The molecular weight excluding hydrogens is 257 g/mol. The predicted octanol–water partition coefficient (Wildman–Crippen LogP) is 1.34. The maximum absolute atomic E-state index is 12.9. The van der Waals surface area contributed by atoms with Crippen molar-refractivity contribution in [3.63, 3.8) is 0 Å². The zero-order chi connectivity index (χ0) is 13.2. The van der Waals surface area contributed by atoms with Crippen molar-refractivity contribution in [3.05, 3.63) is 47.8 Å². The summed E-state index contributed by atoms with van der Waals surface area (Å²) in [5, 5.41) is 0. The molecule has 0 radical (unpaired) electrons. The summed E-state index contributed by atoms with van der Waals surface area (Å²) in [5.74, 6) is -0.458. The Morgan fingerprint density at radius 1 is 1.44 bits per heavy atom. The number of imidazole rings is 1. The van der Waals surface area contributed by atoms with E-state index in [4.69, 9.17) is 0 Å². The van der Waals surface area contributed by atoms with Gasteiger partial charge in [0.2, 0.25) is 10.0 Å². The van der Waals surface area contributed by atoms with Gasteiger partial charge in [0.25, 0.3) is 0 Å². The number of H-pyrrole nitrogens is 1. The first-order valence-corrected chi connectivity index (χ1v) is 6.70. The van der Waals surface area contributed by atoms with E-state index >= 15 is 0 Å². The van der Waals surface area contributed by atoms with Gasteiger partial charge in [-0.05, 0) is 30.7 Å². The third-order valence-electron chi connectivity index (χ3n) is 2.43. The number of nitrogens with zero attached hydrogens (tertiary/aromatic N) is 1. The standard InChI is InChI=1S/C11H12FN3O2S/c1-8-4-9(12)2-3-11(8)18(16,17)15-6-10-5-13-7-14-10/h2-5,7,15H,6H2,1H3,(H,13,14). The van der Waals surface area contributed by atoms with Crippen LogP contribution in [0.2, 0.25) is 0 Å². The Morgan fingerprint density at radius 3 is 2.83 bits per heavy atom. The number of aromatic amines is 1. The zero-order valence-electron chi connectivity index (χ0n) is 9.64. The molecule has 2 N–H and O–H groups in total. The van der Waals surface area contributed by atoms with Crippen molar-refractivity contribution in [1.29, 1.82) is 0 Å². The molecule has 1 heterocycles.